The van der Waals surface area contributed by atoms with Gasteiger partial charge >= 0.3 is 0 Å². The van der Waals surface area contributed by atoms with Crippen molar-refractivity contribution in [3.63, 3.8) is 0 Å². The molecule has 0 bridgehead atoms. The van der Waals surface area contributed by atoms with Crippen molar-refractivity contribution in [3.8, 4) is 0 Å². The van der Waals surface area contributed by atoms with E-state index in [1.165, 1.54) is 12.0 Å². The number of hydrogen-bond acceptors (Lipinski definition) is 2. The maximum atomic E-state index is 10.9. The van der Waals surface area contributed by atoms with Crippen LogP contribution in [0.4, 0.5) is 0 Å². The van der Waals surface area contributed by atoms with Crippen LogP contribution in [0.5, 0.6) is 0 Å². The zero-order chi connectivity index (χ0) is 16.5. The van der Waals surface area contributed by atoms with Gasteiger partial charge in [-0.2, -0.15) is 0 Å². The molecule has 2 rings (SSSR count). The van der Waals surface area contributed by atoms with Gasteiger partial charge in [0.15, 0.2) is 0 Å². The van der Waals surface area contributed by atoms with Crippen LogP contribution < -0.4 is 0 Å². The van der Waals surface area contributed by atoms with Crippen molar-refractivity contribution in [3.05, 3.63) is 23.8 Å². The van der Waals surface area contributed by atoms with Crippen LogP contribution in [-0.4, -0.2) is 21.9 Å². The lowest BCUT2D eigenvalue weighted by molar-refractivity contribution is -0.0509. The minimum Gasteiger partial charge on any atom is -0.392 e. The van der Waals surface area contributed by atoms with Crippen molar-refractivity contribution in [2.45, 2.75) is 78.4 Å². The van der Waals surface area contributed by atoms with Gasteiger partial charge in [-0.05, 0) is 76.0 Å². The SMILES string of the molecule is C/C1=C\CC[C@@H](C)/C=C/[C@@]2(C)CC[C@@H](C(C)(C)O)C2[C@@H](O)C1. The quantitative estimate of drug-likeness (QED) is 0.702. The van der Waals surface area contributed by atoms with E-state index in [0.29, 0.717) is 5.92 Å². The first-order chi connectivity index (χ1) is 10.1. The summed E-state index contributed by atoms with van der Waals surface area (Å²) in [5.41, 5.74) is 0.536. The molecule has 2 N–H and O–H groups in total. The molecular formula is C20H34O2. The van der Waals surface area contributed by atoms with Crippen LogP contribution in [-0.2, 0) is 0 Å². The topological polar surface area (TPSA) is 40.5 Å². The summed E-state index contributed by atoms with van der Waals surface area (Å²) in [5, 5.41) is 21.5. The van der Waals surface area contributed by atoms with Crippen molar-refractivity contribution < 1.29 is 10.2 Å². The fourth-order valence-corrected chi connectivity index (χ4v) is 4.58. The van der Waals surface area contributed by atoms with E-state index in [-0.39, 0.29) is 23.4 Å². The van der Waals surface area contributed by atoms with Crippen LogP contribution in [0.1, 0.15) is 66.7 Å². The van der Waals surface area contributed by atoms with E-state index < -0.39 is 5.60 Å². The number of allylic oxidation sites excluding steroid dienone is 3. The van der Waals surface area contributed by atoms with E-state index in [4.69, 9.17) is 0 Å². The molecule has 0 heterocycles. The molecule has 0 spiro atoms. The molecule has 1 fully saturated rings. The number of hydrogen-bond donors (Lipinski definition) is 2. The second kappa shape index (κ2) is 6.49. The van der Waals surface area contributed by atoms with Crippen LogP contribution in [0.15, 0.2) is 23.8 Å². The Labute approximate surface area is 136 Å². The Bertz CT molecular complexity index is 443. The van der Waals surface area contributed by atoms with Gasteiger partial charge in [0.25, 0.3) is 0 Å². The highest BCUT2D eigenvalue weighted by atomic mass is 16.3. The Balaban J connectivity index is 2.39. The molecular weight excluding hydrogens is 272 g/mol. The standard InChI is InChI=1S/C20H34O2/c1-14-7-6-8-15(2)13-17(21)18-16(19(3,4)22)10-12-20(18,5)11-9-14/h8-9,11,14,16-18,21-22H,6-7,10,12-13H2,1-5H3/b11-9+,15-8+/t14-,16-,17+,18?,20+/m1/s1. The molecule has 1 unspecified atom stereocenters. The Morgan fingerprint density at radius 3 is 2.59 bits per heavy atom. The van der Waals surface area contributed by atoms with E-state index in [9.17, 15) is 10.2 Å². The molecule has 0 aromatic rings. The van der Waals surface area contributed by atoms with Crippen molar-refractivity contribution >= 4 is 0 Å². The summed E-state index contributed by atoms with van der Waals surface area (Å²) in [6.45, 7) is 10.5. The third-order valence-corrected chi connectivity index (χ3v) is 5.96. The van der Waals surface area contributed by atoms with E-state index >= 15 is 0 Å². The van der Waals surface area contributed by atoms with Gasteiger partial charge in [0, 0.05) is 0 Å². The average Bonchev–Trinajstić information content (AvgIpc) is 2.73. The van der Waals surface area contributed by atoms with Crippen molar-refractivity contribution in [2.24, 2.45) is 23.2 Å². The molecule has 0 amide bonds. The van der Waals surface area contributed by atoms with Gasteiger partial charge in [-0.25, -0.2) is 0 Å². The van der Waals surface area contributed by atoms with E-state index in [0.717, 1.165) is 25.7 Å². The largest absolute Gasteiger partial charge is 0.392 e. The van der Waals surface area contributed by atoms with E-state index in [1.54, 1.807) is 0 Å². The Morgan fingerprint density at radius 2 is 1.95 bits per heavy atom. The Morgan fingerprint density at radius 1 is 1.27 bits per heavy atom. The summed E-state index contributed by atoms with van der Waals surface area (Å²) in [6.07, 6.45) is 11.6. The van der Waals surface area contributed by atoms with Crippen LogP contribution in [0, 0.1) is 23.2 Å². The smallest absolute Gasteiger partial charge is 0.0623 e. The van der Waals surface area contributed by atoms with Crippen LogP contribution in [0.25, 0.3) is 0 Å². The van der Waals surface area contributed by atoms with Gasteiger partial charge in [-0.3, -0.25) is 0 Å². The molecule has 2 heteroatoms. The molecule has 0 aromatic carbocycles. The summed E-state index contributed by atoms with van der Waals surface area (Å²) in [4.78, 5) is 0. The molecule has 2 aliphatic carbocycles. The molecule has 126 valence electrons. The number of aliphatic hydroxyl groups excluding tert-OH is 1. The molecule has 2 aliphatic rings. The van der Waals surface area contributed by atoms with Crippen LogP contribution in [0.2, 0.25) is 0 Å². The number of aliphatic hydroxyl groups is 2. The molecule has 0 saturated heterocycles. The minimum absolute atomic E-state index is 0.0109. The van der Waals surface area contributed by atoms with Crippen LogP contribution in [0.3, 0.4) is 0 Å². The average molecular weight is 306 g/mol. The summed E-state index contributed by atoms with van der Waals surface area (Å²) in [7, 11) is 0. The summed E-state index contributed by atoms with van der Waals surface area (Å²) >= 11 is 0. The zero-order valence-corrected chi connectivity index (χ0v) is 15.0. The number of rotatable bonds is 1. The van der Waals surface area contributed by atoms with Gasteiger partial charge in [0.2, 0.25) is 0 Å². The lowest BCUT2D eigenvalue weighted by Crippen LogP contribution is -2.43. The third kappa shape index (κ3) is 3.83. The molecule has 0 radical (unpaired) electrons. The van der Waals surface area contributed by atoms with Crippen molar-refractivity contribution in [1.29, 1.82) is 0 Å². The number of fused-ring (bicyclic) bond motifs is 1. The maximum absolute atomic E-state index is 10.9. The highest BCUT2D eigenvalue weighted by molar-refractivity contribution is 5.14. The van der Waals surface area contributed by atoms with E-state index in [2.05, 4.69) is 39.0 Å². The predicted molar refractivity (Wildman–Crippen MR) is 92.5 cm³/mol. The molecule has 22 heavy (non-hydrogen) atoms. The third-order valence-electron chi connectivity index (χ3n) is 5.96. The first kappa shape index (κ1) is 17.7. The molecule has 1 saturated carbocycles. The first-order valence-electron chi connectivity index (χ1n) is 8.89. The maximum Gasteiger partial charge on any atom is 0.0623 e. The predicted octanol–water partition coefficient (Wildman–Crippen LogP) is 4.47. The van der Waals surface area contributed by atoms with Gasteiger partial charge in [-0.1, -0.05) is 37.6 Å². The van der Waals surface area contributed by atoms with Gasteiger partial charge in [-0.15, -0.1) is 0 Å². The highest BCUT2D eigenvalue weighted by Gasteiger charge is 2.51. The van der Waals surface area contributed by atoms with E-state index in [1.807, 2.05) is 13.8 Å². The molecule has 0 aromatic heterocycles. The van der Waals surface area contributed by atoms with Crippen molar-refractivity contribution in [1.82, 2.24) is 0 Å². The summed E-state index contributed by atoms with van der Waals surface area (Å²) in [6, 6.07) is 0. The summed E-state index contributed by atoms with van der Waals surface area (Å²) in [5.74, 6) is 0.844. The fraction of sp³-hybridized carbons (Fsp3) is 0.800. The van der Waals surface area contributed by atoms with Crippen LogP contribution >= 0.6 is 0 Å². The monoisotopic (exact) mass is 306 g/mol. The second-order valence-corrected chi connectivity index (χ2v) is 8.57. The second-order valence-electron chi connectivity index (χ2n) is 8.57. The van der Waals surface area contributed by atoms with Gasteiger partial charge in [0.1, 0.15) is 0 Å². The molecule has 5 atom stereocenters. The normalized spacial score (nSPS) is 44.6. The van der Waals surface area contributed by atoms with Gasteiger partial charge < -0.3 is 10.2 Å². The summed E-state index contributed by atoms with van der Waals surface area (Å²) < 4.78 is 0. The highest BCUT2D eigenvalue weighted by Crippen LogP contribution is 2.54. The lowest BCUT2D eigenvalue weighted by Gasteiger charge is -2.40. The Hall–Kier alpha value is -0.600. The molecule has 0 aliphatic heterocycles. The van der Waals surface area contributed by atoms with Gasteiger partial charge in [0.05, 0.1) is 11.7 Å². The fourth-order valence-electron chi connectivity index (χ4n) is 4.58. The molecule has 2 nitrogen and oxygen atoms in total. The zero-order valence-electron chi connectivity index (χ0n) is 15.0. The lowest BCUT2D eigenvalue weighted by atomic mass is 9.68. The first-order valence-corrected chi connectivity index (χ1v) is 8.89. The van der Waals surface area contributed by atoms with Crippen molar-refractivity contribution in [2.75, 3.05) is 0 Å². The Kier molecular flexibility index (Phi) is 5.23. The minimum atomic E-state index is -0.735.